The van der Waals surface area contributed by atoms with Crippen LogP contribution in [0.15, 0.2) is 176 Å². The Bertz CT molecular complexity index is 2720. The van der Waals surface area contributed by atoms with E-state index in [1.165, 1.54) is 43.4 Å². The van der Waals surface area contributed by atoms with Gasteiger partial charge in [-0.05, 0) is 92.0 Å². The lowest BCUT2D eigenvalue weighted by atomic mass is 9.93. The Morgan fingerprint density at radius 2 is 0.939 bits per heavy atom. The Labute approximate surface area is 283 Å². The molecule has 0 radical (unpaired) electrons. The predicted molar refractivity (Wildman–Crippen MR) is 203 cm³/mol. The molecule has 230 valence electrons. The molecule has 1 heterocycles. The van der Waals surface area contributed by atoms with Crippen molar-refractivity contribution in [2.24, 2.45) is 0 Å². The fourth-order valence-corrected chi connectivity index (χ4v) is 7.39. The van der Waals surface area contributed by atoms with Crippen molar-refractivity contribution >= 4 is 60.2 Å². The van der Waals surface area contributed by atoms with Crippen LogP contribution in [0, 0.1) is 0 Å². The summed E-state index contributed by atoms with van der Waals surface area (Å²) < 4.78 is 13.1. The molecule has 0 fully saturated rings. The molecule has 9 aromatic carbocycles. The number of rotatable bonds is 4. The maximum Gasteiger partial charge on any atom is 0.172 e. The molecular weight excluding hydrogens is 599 g/mol. The molecule has 0 amide bonds. The van der Waals surface area contributed by atoms with E-state index in [2.05, 4.69) is 150 Å². The molecule has 10 rings (SSSR count). The van der Waals surface area contributed by atoms with Gasteiger partial charge in [-0.25, -0.2) is 0 Å². The van der Waals surface area contributed by atoms with E-state index < -0.39 is 0 Å². The smallest absolute Gasteiger partial charge is 0.172 e. The molecule has 0 spiro atoms. The molecule has 0 aromatic heterocycles. The molecule has 1 aliphatic heterocycles. The Hall–Kier alpha value is -6.58. The Balaban J connectivity index is 1.13. The Kier molecular flexibility index (Phi) is 6.18. The second kappa shape index (κ2) is 11.0. The van der Waals surface area contributed by atoms with Crippen molar-refractivity contribution in [2.75, 3.05) is 4.90 Å². The summed E-state index contributed by atoms with van der Waals surface area (Å²) in [6, 6.07) is 62.0. The lowest BCUT2D eigenvalue weighted by Crippen LogP contribution is -2.10. The van der Waals surface area contributed by atoms with Crippen molar-refractivity contribution < 1.29 is 9.47 Å². The average Bonchev–Trinajstić information content (AvgIpc) is 3.32. The molecular formula is C46H29NO2. The third-order valence-electron chi connectivity index (χ3n) is 9.67. The van der Waals surface area contributed by atoms with Gasteiger partial charge >= 0.3 is 0 Å². The first-order chi connectivity index (χ1) is 24.3. The lowest BCUT2D eigenvalue weighted by molar-refractivity contribution is 0.439. The van der Waals surface area contributed by atoms with Crippen LogP contribution in [0.25, 0.3) is 54.2 Å². The number of fused-ring (bicyclic) bond motifs is 5. The molecule has 1 aliphatic rings. The van der Waals surface area contributed by atoms with Gasteiger partial charge in [0.25, 0.3) is 0 Å². The average molecular weight is 628 g/mol. The van der Waals surface area contributed by atoms with Gasteiger partial charge in [-0.15, -0.1) is 0 Å². The zero-order valence-corrected chi connectivity index (χ0v) is 26.5. The molecule has 9 aromatic rings. The molecule has 3 heteroatoms. The monoisotopic (exact) mass is 627 g/mol. The van der Waals surface area contributed by atoms with Crippen LogP contribution in [0.5, 0.6) is 23.0 Å². The minimum Gasteiger partial charge on any atom is -0.453 e. The van der Waals surface area contributed by atoms with Crippen molar-refractivity contribution in [3.8, 4) is 34.1 Å². The van der Waals surface area contributed by atoms with E-state index in [1.807, 2.05) is 30.3 Å². The second-order valence-electron chi connectivity index (χ2n) is 12.5. The van der Waals surface area contributed by atoms with E-state index in [1.54, 1.807) is 0 Å². The van der Waals surface area contributed by atoms with Crippen LogP contribution in [-0.4, -0.2) is 0 Å². The normalized spacial score (nSPS) is 12.0. The third-order valence-corrected chi connectivity index (χ3v) is 9.67. The van der Waals surface area contributed by atoms with Gasteiger partial charge in [0.1, 0.15) is 11.5 Å². The van der Waals surface area contributed by atoms with Crippen LogP contribution in [0.3, 0.4) is 0 Å². The fraction of sp³-hybridized carbons (Fsp3) is 0. The number of ether oxygens (including phenoxy) is 2. The van der Waals surface area contributed by atoms with E-state index in [-0.39, 0.29) is 0 Å². The Morgan fingerprint density at radius 1 is 0.347 bits per heavy atom. The Morgan fingerprint density at radius 3 is 1.73 bits per heavy atom. The van der Waals surface area contributed by atoms with E-state index in [4.69, 9.17) is 9.47 Å². The standard InChI is InChI=1S/C46H29NO2/c1-4-16-37-30(10-1)12-7-19-41(37)47(35-26-27-42-45(29-35)49-44-21-9-14-32-13-8-20-43(48-42)46(32)44)34-24-22-31(23-25-34)40-28-33-11-2-3-15-36(33)38-17-5-6-18-39(38)40/h1-29H. The van der Waals surface area contributed by atoms with Gasteiger partial charge in [-0.2, -0.15) is 0 Å². The van der Waals surface area contributed by atoms with Crippen molar-refractivity contribution in [3.63, 3.8) is 0 Å². The first-order valence-corrected chi connectivity index (χ1v) is 16.6. The molecule has 0 bridgehead atoms. The highest BCUT2D eigenvalue weighted by Gasteiger charge is 2.22. The summed E-state index contributed by atoms with van der Waals surface area (Å²) in [5.74, 6) is 2.93. The number of benzene rings is 9. The van der Waals surface area contributed by atoms with E-state index in [0.717, 1.165) is 39.3 Å². The first-order valence-electron chi connectivity index (χ1n) is 16.6. The minimum atomic E-state index is 0.672. The number of hydrogen-bond donors (Lipinski definition) is 0. The molecule has 3 nitrogen and oxygen atoms in total. The summed E-state index contributed by atoms with van der Waals surface area (Å²) in [6.45, 7) is 0. The zero-order valence-electron chi connectivity index (χ0n) is 26.5. The predicted octanol–water partition coefficient (Wildman–Crippen LogP) is 13.3. The van der Waals surface area contributed by atoms with Crippen LogP contribution in [0.1, 0.15) is 0 Å². The lowest BCUT2D eigenvalue weighted by Gasteiger charge is -2.27. The van der Waals surface area contributed by atoms with Gasteiger partial charge in [-0.3, -0.25) is 0 Å². The molecule has 0 atom stereocenters. The molecule has 0 saturated heterocycles. The van der Waals surface area contributed by atoms with E-state index in [9.17, 15) is 0 Å². The molecule has 0 N–H and O–H groups in total. The largest absolute Gasteiger partial charge is 0.453 e. The maximum absolute atomic E-state index is 6.63. The molecule has 0 aliphatic carbocycles. The SMILES string of the molecule is c1ccc2c(N(c3ccc(-c4cc5ccccc5c5ccccc45)cc3)c3ccc4c(c3)Oc3cccc5cccc(c35)O4)cccc2c1. The van der Waals surface area contributed by atoms with Crippen LogP contribution < -0.4 is 14.4 Å². The molecule has 0 saturated carbocycles. The van der Waals surface area contributed by atoms with Gasteiger partial charge in [-0.1, -0.05) is 121 Å². The quantitative estimate of drug-likeness (QED) is 0.181. The van der Waals surface area contributed by atoms with E-state index >= 15 is 0 Å². The van der Waals surface area contributed by atoms with Crippen LogP contribution in [0.2, 0.25) is 0 Å². The summed E-state index contributed by atoms with van der Waals surface area (Å²) in [7, 11) is 0. The number of nitrogens with zero attached hydrogens (tertiary/aromatic N) is 1. The highest BCUT2D eigenvalue weighted by atomic mass is 16.5. The van der Waals surface area contributed by atoms with Crippen LogP contribution in [0.4, 0.5) is 17.1 Å². The highest BCUT2D eigenvalue weighted by molar-refractivity contribution is 6.13. The van der Waals surface area contributed by atoms with Crippen molar-refractivity contribution in [2.45, 2.75) is 0 Å². The first kappa shape index (κ1) is 27.5. The summed E-state index contributed by atoms with van der Waals surface area (Å²) in [4.78, 5) is 2.31. The van der Waals surface area contributed by atoms with Gasteiger partial charge in [0.15, 0.2) is 11.5 Å². The summed E-state index contributed by atoms with van der Waals surface area (Å²) in [6.07, 6.45) is 0. The highest BCUT2D eigenvalue weighted by Crippen LogP contribution is 2.49. The van der Waals surface area contributed by atoms with Crippen LogP contribution >= 0.6 is 0 Å². The fourth-order valence-electron chi connectivity index (χ4n) is 7.39. The third kappa shape index (κ3) is 4.51. The van der Waals surface area contributed by atoms with Crippen LogP contribution in [-0.2, 0) is 0 Å². The summed E-state index contributed by atoms with van der Waals surface area (Å²) >= 11 is 0. The van der Waals surface area contributed by atoms with Crippen molar-refractivity contribution in [3.05, 3.63) is 176 Å². The second-order valence-corrected chi connectivity index (χ2v) is 12.5. The van der Waals surface area contributed by atoms with Gasteiger partial charge in [0, 0.05) is 17.1 Å². The van der Waals surface area contributed by atoms with Gasteiger partial charge < -0.3 is 14.4 Å². The summed E-state index contributed by atoms with van der Waals surface area (Å²) in [5, 5.41) is 9.43. The van der Waals surface area contributed by atoms with Crippen molar-refractivity contribution in [1.82, 2.24) is 0 Å². The zero-order chi connectivity index (χ0) is 32.3. The van der Waals surface area contributed by atoms with Gasteiger partial charge in [0.2, 0.25) is 0 Å². The minimum absolute atomic E-state index is 0.672. The summed E-state index contributed by atoms with van der Waals surface area (Å²) in [5.41, 5.74) is 5.50. The maximum atomic E-state index is 6.63. The van der Waals surface area contributed by atoms with E-state index in [0.29, 0.717) is 11.5 Å². The number of hydrogen-bond acceptors (Lipinski definition) is 3. The molecule has 0 unspecified atom stereocenters. The topological polar surface area (TPSA) is 21.7 Å². The van der Waals surface area contributed by atoms with Gasteiger partial charge in [0.05, 0.1) is 16.8 Å². The molecule has 49 heavy (non-hydrogen) atoms. The van der Waals surface area contributed by atoms with Crippen molar-refractivity contribution in [1.29, 1.82) is 0 Å². The number of anilines is 3.